The van der Waals surface area contributed by atoms with E-state index >= 15 is 0 Å². The molecule has 0 bridgehead atoms. The summed E-state index contributed by atoms with van der Waals surface area (Å²) >= 11 is 0. The van der Waals surface area contributed by atoms with Gasteiger partial charge in [-0.2, -0.15) is 5.26 Å². The molecule has 0 aliphatic heterocycles. The number of carbonyl (C=O) groups is 1. The lowest BCUT2D eigenvalue weighted by Gasteiger charge is -2.12. The summed E-state index contributed by atoms with van der Waals surface area (Å²) in [5.41, 5.74) is -0.782. The van der Waals surface area contributed by atoms with E-state index < -0.39 is 5.41 Å². The van der Waals surface area contributed by atoms with Crippen molar-refractivity contribution >= 4 is 5.78 Å². The second-order valence-corrected chi connectivity index (χ2v) is 2.53. The van der Waals surface area contributed by atoms with E-state index in [2.05, 4.69) is 5.92 Å². The van der Waals surface area contributed by atoms with E-state index in [0.29, 0.717) is 0 Å². The van der Waals surface area contributed by atoms with Crippen molar-refractivity contribution in [3.05, 3.63) is 0 Å². The number of carbonyl (C=O) groups excluding carboxylic acids is 1. The van der Waals surface area contributed by atoms with E-state index in [0.717, 1.165) is 0 Å². The minimum Gasteiger partial charge on any atom is -0.297 e. The van der Waals surface area contributed by atoms with Crippen molar-refractivity contribution < 1.29 is 4.79 Å². The number of Topliss-reactive ketones (excluding diaryl/α,β-unsaturated/α-hetero) is 1. The number of rotatable bonds is 2. The quantitative estimate of drug-likeness (QED) is 0.532. The number of hydrogen-bond donors (Lipinski definition) is 0. The summed E-state index contributed by atoms with van der Waals surface area (Å²) in [6, 6.07) is 1.76. The summed E-state index contributed by atoms with van der Waals surface area (Å²) in [5, 5.41) is 8.16. The Bertz CT molecular complexity index is 214. The second kappa shape index (κ2) is 3.03. The van der Waals surface area contributed by atoms with Crippen molar-refractivity contribution in [2.45, 2.75) is 20.3 Å². The molecule has 52 valence electrons. The Morgan fingerprint density at radius 1 is 1.70 bits per heavy atom. The molecule has 0 aromatic carbocycles. The fourth-order valence-corrected chi connectivity index (χ4v) is 0.373. The van der Waals surface area contributed by atoms with Crippen LogP contribution in [0.2, 0.25) is 0 Å². The first-order chi connectivity index (χ1) is 4.54. The summed E-state index contributed by atoms with van der Waals surface area (Å²) in [4.78, 5) is 10.9. The molecule has 0 rings (SSSR count). The van der Waals surface area contributed by atoms with Crippen LogP contribution in [0.3, 0.4) is 0 Å². The van der Waals surface area contributed by atoms with Gasteiger partial charge in [0.1, 0.15) is 0 Å². The molecule has 2 nitrogen and oxygen atoms in total. The van der Waals surface area contributed by atoms with Crippen molar-refractivity contribution in [3.63, 3.8) is 0 Å². The molecule has 0 saturated heterocycles. The molecule has 0 amide bonds. The van der Waals surface area contributed by atoms with Gasteiger partial charge in [0.2, 0.25) is 0 Å². The van der Waals surface area contributed by atoms with Gasteiger partial charge in [0, 0.05) is 0 Å². The fraction of sp³-hybridized carbons (Fsp3) is 0.500. The Kier molecular flexibility index (Phi) is 2.65. The highest BCUT2D eigenvalue weighted by Crippen LogP contribution is 2.15. The maximum absolute atomic E-state index is 10.9. The summed E-state index contributed by atoms with van der Waals surface area (Å²) in [6.07, 6.45) is 4.96. The van der Waals surface area contributed by atoms with Crippen molar-refractivity contribution in [1.29, 1.82) is 5.26 Å². The number of nitriles is 1. The summed E-state index contributed by atoms with van der Waals surface area (Å²) in [5.74, 6) is 2.13. The summed E-state index contributed by atoms with van der Waals surface area (Å²) in [6.45, 7) is 3.26. The number of hydrogen-bond acceptors (Lipinski definition) is 2. The van der Waals surface area contributed by atoms with Gasteiger partial charge in [-0.15, -0.1) is 6.42 Å². The highest BCUT2D eigenvalue weighted by atomic mass is 16.1. The highest BCUT2D eigenvalue weighted by molar-refractivity contribution is 5.88. The van der Waals surface area contributed by atoms with Crippen LogP contribution in [0.5, 0.6) is 0 Å². The van der Waals surface area contributed by atoms with E-state index in [1.807, 2.05) is 0 Å². The van der Waals surface area contributed by atoms with Crippen LogP contribution in [0.15, 0.2) is 0 Å². The van der Waals surface area contributed by atoms with Gasteiger partial charge in [-0.25, -0.2) is 0 Å². The average molecular weight is 135 g/mol. The maximum Gasteiger partial charge on any atom is 0.164 e. The molecular formula is C8H9NO. The predicted octanol–water partition coefficient (Wildman–Crippen LogP) is 1.13. The van der Waals surface area contributed by atoms with E-state index in [1.165, 1.54) is 0 Å². The second-order valence-electron chi connectivity index (χ2n) is 2.53. The molecule has 0 atom stereocenters. The van der Waals surface area contributed by atoms with Crippen molar-refractivity contribution in [2.24, 2.45) is 5.41 Å². The van der Waals surface area contributed by atoms with Gasteiger partial charge >= 0.3 is 0 Å². The minimum absolute atomic E-state index is 0.100. The number of nitrogens with zero attached hydrogens (tertiary/aromatic N) is 1. The standard InChI is InChI=1S/C8H9NO/c1-4-8(2,3)7(10)5-6-9/h1H,5H2,2-3H3. The fourth-order valence-electron chi connectivity index (χ4n) is 0.373. The van der Waals surface area contributed by atoms with E-state index in [9.17, 15) is 4.79 Å². The lowest BCUT2D eigenvalue weighted by atomic mass is 9.88. The molecule has 0 aromatic heterocycles. The van der Waals surface area contributed by atoms with Crippen LogP contribution in [0.25, 0.3) is 0 Å². The Labute approximate surface area is 60.8 Å². The Balaban J connectivity index is 4.26. The normalized spacial score (nSPS) is 9.60. The minimum atomic E-state index is -0.782. The molecule has 2 heteroatoms. The van der Waals surface area contributed by atoms with Crippen LogP contribution in [0, 0.1) is 29.1 Å². The van der Waals surface area contributed by atoms with Crippen LogP contribution >= 0.6 is 0 Å². The molecule has 0 aliphatic rings. The number of terminal acetylenes is 1. The Hall–Kier alpha value is -1.28. The Morgan fingerprint density at radius 2 is 2.20 bits per heavy atom. The zero-order valence-electron chi connectivity index (χ0n) is 6.14. The topological polar surface area (TPSA) is 40.9 Å². The zero-order valence-corrected chi connectivity index (χ0v) is 6.14. The monoisotopic (exact) mass is 135 g/mol. The molecule has 0 spiro atoms. The third-order valence-electron chi connectivity index (χ3n) is 1.30. The van der Waals surface area contributed by atoms with Gasteiger partial charge in [-0.3, -0.25) is 4.79 Å². The molecule has 0 aromatic rings. The first-order valence-electron chi connectivity index (χ1n) is 2.92. The molecule has 10 heavy (non-hydrogen) atoms. The predicted molar refractivity (Wildman–Crippen MR) is 37.9 cm³/mol. The largest absolute Gasteiger partial charge is 0.297 e. The first kappa shape index (κ1) is 8.72. The van der Waals surface area contributed by atoms with Crippen molar-refractivity contribution in [1.82, 2.24) is 0 Å². The first-order valence-corrected chi connectivity index (χ1v) is 2.92. The van der Waals surface area contributed by atoms with Crippen LogP contribution in [-0.2, 0) is 4.79 Å². The van der Waals surface area contributed by atoms with E-state index in [4.69, 9.17) is 11.7 Å². The summed E-state index contributed by atoms with van der Waals surface area (Å²) in [7, 11) is 0. The molecule has 0 aliphatic carbocycles. The van der Waals surface area contributed by atoms with Crippen LogP contribution < -0.4 is 0 Å². The molecule has 0 radical (unpaired) electrons. The summed E-state index contributed by atoms with van der Waals surface area (Å²) < 4.78 is 0. The molecular weight excluding hydrogens is 126 g/mol. The van der Waals surface area contributed by atoms with E-state index in [1.54, 1.807) is 19.9 Å². The maximum atomic E-state index is 10.9. The molecule has 0 unspecified atom stereocenters. The molecule has 0 heterocycles. The molecule has 0 fully saturated rings. The van der Waals surface area contributed by atoms with Crippen LogP contribution in [0.1, 0.15) is 20.3 Å². The van der Waals surface area contributed by atoms with Crippen molar-refractivity contribution in [2.75, 3.05) is 0 Å². The third kappa shape index (κ3) is 1.91. The van der Waals surface area contributed by atoms with Gasteiger partial charge in [0.15, 0.2) is 5.78 Å². The van der Waals surface area contributed by atoms with E-state index in [-0.39, 0.29) is 12.2 Å². The van der Waals surface area contributed by atoms with Gasteiger partial charge in [-0.1, -0.05) is 5.92 Å². The van der Waals surface area contributed by atoms with Gasteiger partial charge in [0.25, 0.3) is 0 Å². The van der Waals surface area contributed by atoms with Gasteiger partial charge in [-0.05, 0) is 13.8 Å². The lowest BCUT2D eigenvalue weighted by Crippen LogP contribution is -2.21. The van der Waals surface area contributed by atoms with Crippen LogP contribution in [-0.4, -0.2) is 5.78 Å². The third-order valence-corrected chi connectivity index (χ3v) is 1.30. The lowest BCUT2D eigenvalue weighted by molar-refractivity contribution is -0.123. The smallest absolute Gasteiger partial charge is 0.164 e. The zero-order chi connectivity index (χ0) is 8.20. The van der Waals surface area contributed by atoms with Crippen molar-refractivity contribution in [3.8, 4) is 18.4 Å². The average Bonchev–Trinajstić information content (AvgIpc) is 1.89. The Morgan fingerprint density at radius 3 is 2.50 bits per heavy atom. The SMILES string of the molecule is C#CC(C)(C)C(=O)CC#N. The van der Waals surface area contributed by atoms with Gasteiger partial charge < -0.3 is 0 Å². The molecule has 0 N–H and O–H groups in total. The van der Waals surface area contributed by atoms with Gasteiger partial charge in [0.05, 0.1) is 17.9 Å². The molecule has 0 saturated carbocycles. The number of ketones is 1. The highest BCUT2D eigenvalue weighted by Gasteiger charge is 2.23. The van der Waals surface area contributed by atoms with Crippen LogP contribution in [0.4, 0.5) is 0 Å².